The van der Waals surface area contributed by atoms with Crippen LogP contribution in [0.1, 0.15) is 12.3 Å². The van der Waals surface area contributed by atoms with Crippen LogP contribution in [0.4, 0.5) is 0 Å². The smallest absolute Gasteiger partial charge is 0.328 e. The van der Waals surface area contributed by atoms with E-state index in [0.717, 1.165) is 5.56 Å². The Labute approximate surface area is 138 Å². The average Bonchev–Trinajstić information content (AvgIpc) is 3.09. The number of carboxylic acid groups (broad SMARTS) is 1. The van der Waals surface area contributed by atoms with Gasteiger partial charge in [-0.15, -0.1) is 10.2 Å². The zero-order valence-corrected chi connectivity index (χ0v) is 12.9. The number of aryl methyl sites for hydroxylation is 1. The molecule has 126 valence electrons. The molecule has 0 aliphatic carbocycles. The van der Waals surface area contributed by atoms with E-state index in [2.05, 4.69) is 10.2 Å². The first kappa shape index (κ1) is 16.1. The van der Waals surface area contributed by atoms with Crippen molar-refractivity contribution in [1.82, 2.24) is 15.1 Å². The number of carboxylic acids is 1. The van der Waals surface area contributed by atoms with Crippen LogP contribution in [0.3, 0.4) is 0 Å². The molecule has 1 aliphatic rings. The van der Waals surface area contributed by atoms with Gasteiger partial charge < -0.3 is 19.2 Å². The maximum Gasteiger partial charge on any atom is 0.328 e. The first-order valence-corrected chi connectivity index (χ1v) is 7.63. The fraction of sp³-hybridized carbons (Fsp3) is 0.375. The van der Waals surface area contributed by atoms with Gasteiger partial charge in [-0.05, 0) is 12.1 Å². The van der Waals surface area contributed by atoms with Gasteiger partial charge in [-0.1, -0.05) is 18.2 Å². The zero-order valence-electron chi connectivity index (χ0n) is 12.9. The van der Waals surface area contributed by atoms with Crippen molar-refractivity contribution in [1.29, 1.82) is 0 Å². The fourth-order valence-corrected chi connectivity index (χ4v) is 2.52. The van der Waals surface area contributed by atoms with E-state index in [1.54, 1.807) is 0 Å². The summed E-state index contributed by atoms with van der Waals surface area (Å²) in [5.74, 6) is -0.576. The highest BCUT2D eigenvalue weighted by atomic mass is 16.5. The molecule has 0 saturated carbocycles. The molecule has 24 heavy (non-hydrogen) atoms. The molecule has 1 aromatic carbocycles. The normalized spacial score (nSPS) is 17.7. The Morgan fingerprint density at radius 3 is 2.79 bits per heavy atom. The van der Waals surface area contributed by atoms with Crippen LogP contribution in [0, 0.1) is 0 Å². The van der Waals surface area contributed by atoms with E-state index in [1.165, 1.54) is 4.90 Å². The van der Waals surface area contributed by atoms with Crippen LogP contribution in [-0.2, 0) is 20.7 Å². The molecular weight excluding hydrogens is 314 g/mol. The van der Waals surface area contributed by atoms with Crippen molar-refractivity contribution in [3.8, 4) is 11.5 Å². The third-order valence-corrected chi connectivity index (χ3v) is 3.77. The highest BCUT2D eigenvalue weighted by Gasteiger charge is 2.32. The van der Waals surface area contributed by atoms with E-state index in [0.29, 0.717) is 18.4 Å². The van der Waals surface area contributed by atoms with Gasteiger partial charge in [-0.25, -0.2) is 4.79 Å². The lowest BCUT2D eigenvalue weighted by Crippen LogP contribution is -2.52. The van der Waals surface area contributed by atoms with Crippen LogP contribution in [-0.4, -0.2) is 57.9 Å². The minimum absolute atomic E-state index is 0.0137. The van der Waals surface area contributed by atoms with Crippen LogP contribution in [0.15, 0.2) is 34.7 Å². The molecular formula is C16H17N3O5. The first-order valence-electron chi connectivity index (χ1n) is 7.63. The van der Waals surface area contributed by atoms with Crippen molar-refractivity contribution in [3.63, 3.8) is 0 Å². The largest absolute Gasteiger partial charge is 0.480 e. The summed E-state index contributed by atoms with van der Waals surface area (Å²) in [5, 5.41) is 17.1. The summed E-state index contributed by atoms with van der Waals surface area (Å²) in [6.07, 6.45) is 0.378. The Bertz CT molecular complexity index is 716. The van der Waals surface area contributed by atoms with Gasteiger partial charge in [0.15, 0.2) is 6.04 Å². The average molecular weight is 331 g/mol. The summed E-state index contributed by atoms with van der Waals surface area (Å²) in [4.78, 5) is 24.8. The lowest BCUT2D eigenvalue weighted by molar-refractivity contribution is -0.158. The number of hydrogen-bond acceptors (Lipinski definition) is 6. The molecule has 1 fully saturated rings. The molecule has 0 unspecified atom stereocenters. The number of hydrogen-bond donors (Lipinski definition) is 1. The van der Waals surface area contributed by atoms with Crippen LogP contribution >= 0.6 is 0 Å². The minimum atomic E-state index is -1.06. The molecule has 0 radical (unpaired) electrons. The third kappa shape index (κ3) is 3.60. The van der Waals surface area contributed by atoms with Crippen LogP contribution in [0.25, 0.3) is 11.5 Å². The number of aliphatic carboxylic acids is 1. The van der Waals surface area contributed by atoms with Gasteiger partial charge in [-0.2, -0.15) is 0 Å². The predicted octanol–water partition coefficient (Wildman–Crippen LogP) is 0.981. The molecule has 0 bridgehead atoms. The Kier molecular flexibility index (Phi) is 4.85. The van der Waals surface area contributed by atoms with Crippen molar-refractivity contribution in [2.45, 2.75) is 18.9 Å². The zero-order chi connectivity index (χ0) is 16.9. The first-order chi connectivity index (χ1) is 11.6. The molecule has 0 spiro atoms. The maximum atomic E-state index is 12.3. The van der Waals surface area contributed by atoms with Crippen molar-refractivity contribution >= 4 is 11.9 Å². The van der Waals surface area contributed by atoms with Crippen molar-refractivity contribution < 1.29 is 23.8 Å². The molecule has 1 aliphatic heterocycles. The summed E-state index contributed by atoms with van der Waals surface area (Å²) in [6, 6.07) is 8.40. The molecule has 2 heterocycles. The number of carbonyl (C=O) groups excluding carboxylic acids is 1. The van der Waals surface area contributed by atoms with Gasteiger partial charge >= 0.3 is 5.97 Å². The number of benzene rings is 1. The Balaban J connectivity index is 1.60. The summed E-state index contributed by atoms with van der Waals surface area (Å²) in [6.45, 7) is 0.628. The second kappa shape index (κ2) is 7.22. The fourth-order valence-electron chi connectivity index (χ4n) is 2.52. The van der Waals surface area contributed by atoms with Gasteiger partial charge in [0.2, 0.25) is 17.7 Å². The number of rotatable bonds is 5. The van der Waals surface area contributed by atoms with Crippen molar-refractivity contribution in [2.75, 3.05) is 19.8 Å². The van der Waals surface area contributed by atoms with E-state index in [-0.39, 0.29) is 31.9 Å². The van der Waals surface area contributed by atoms with E-state index < -0.39 is 12.0 Å². The topological polar surface area (TPSA) is 106 Å². The standard InChI is InChI=1S/C16H17N3O5/c20-14(19-8-9-23-10-12(19)16(21)22)7-6-13-17-18-15(24-13)11-4-2-1-3-5-11/h1-5,12H,6-10H2,(H,21,22)/t12-/m1/s1. The number of aromatic nitrogens is 2. The SMILES string of the molecule is O=C(O)[C@H]1COCCN1C(=O)CCc1nnc(-c2ccccc2)o1. The monoisotopic (exact) mass is 331 g/mol. The molecule has 1 saturated heterocycles. The second-order valence-corrected chi connectivity index (χ2v) is 5.38. The molecule has 2 aromatic rings. The second-order valence-electron chi connectivity index (χ2n) is 5.38. The number of ether oxygens (including phenoxy) is 1. The van der Waals surface area contributed by atoms with Crippen molar-refractivity contribution in [3.05, 3.63) is 36.2 Å². The minimum Gasteiger partial charge on any atom is -0.480 e. The van der Waals surface area contributed by atoms with Crippen LogP contribution in [0.5, 0.6) is 0 Å². The third-order valence-electron chi connectivity index (χ3n) is 3.77. The van der Waals surface area contributed by atoms with E-state index in [1.807, 2.05) is 30.3 Å². The van der Waals surface area contributed by atoms with E-state index in [9.17, 15) is 9.59 Å². The number of carbonyl (C=O) groups is 2. The van der Waals surface area contributed by atoms with Crippen LogP contribution in [0.2, 0.25) is 0 Å². The molecule has 1 atom stereocenters. The van der Waals surface area contributed by atoms with E-state index in [4.69, 9.17) is 14.3 Å². The van der Waals surface area contributed by atoms with Gasteiger partial charge in [0.1, 0.15) is 0 Å². The van der Waals surface area contributed by atoms with Gasteiger partial charge in [-0.3, -0.25) is 4.79 Å². The number of morpholine rings is 1. The Hall–Kier alpha value is -2.74. The van der Waals surface area contributed by atoms with E-state index >= 15 is 0 Å². The number of amides is 1. The van der Waals surface area contributed by atoms with Crippen LogP contribution < -0.4 is 0 Å². The molecule has 1 aromatic heterocycles. The quantitative estimate of drug-likeness (QED) is 0.870. The number of nitrogens with zero attached hydrogens (tertiary/aromatic N) is 3. The molecule has 8 heteroatoms. The van der Waals surface area contributed by atoms with Gasteiger partial charge in [0, 0.05) is 24.9 Å². The summed E-state index contributed by atoms with van der Waals surface area (Å²) in [5.41, 5.74) is 0.807. The molecule has 8 nitrogen and oxygen atoms in total. The summed E-state index contributed by atoms with van der Waals surface area (Å²) in [7, 11) is 0. The highest BCUT2D eigenvalue weighted by Crippen LogP contribution is 2.18. The Morgan fingerprint density at radius 2 is 2.04 bits per heavy atom. The Morgan fingerprint density at radius 1 is 1.25 bits per heavy atom. The predicted molar refractivity (Wildman–Crippen MR) is 82.0 cm³/mol. The van der Waals surface area contributed by atoms with Gasteiger partial charge in [0.25, 0.3) is 0 Å². The lowest BCUT2D eigenvalue weighted by Gasteiger charge is -2.32. The molecule has 1 amide bonds. The summed E-state index contributed by atoms with van der Waals surface area (Å²) >= 11 is 0. The maximum absolute atomic E-state index is 12.3. The highest BCUT2D eigenvalue weighted by molar-refractivity contribution is 5.84. The lowest BCUT2D eigenvalue weighted by atomic mass is 10.2. The summed E-state index contributed by atoms with van der Waals surface area (Å²) < 4.78 is 10.7. The van der Waals surface area contributed by atoms with Gasteiger partial charge in [0.05, 0.1) is 13.2 Å². The molecule has 1 N–H and O–H groups in total. The molecule has 3 rings (SSSR count). The van der Waals surface area contributed by atoms with Crippen molar-refractivity contribution in [2.24, 2.45) is 0 Å².